The molecule has 0 aromatic heterocycles. The number of hydrogen-bond donors (Lipinski definition) is 2. The number of ether oxygens (including phenoxy) is 1. The van der Waals surface area contributed by atoms with Gasteiger partial charge in [-0.1, -0.05) is 11.6 Å². The SMILES string of the molecule is Cc1ccc(O)c(C(=O)N[C@H]2CC(=O)N(CCN3CCOCC3)C2)c1. The maximum absolute atomic E-state index is 12.4. The van der Waals surface area contributed by atoms with Crippen molar-refractivity contribution in [3.05, 3.63) is 29.3 Å². The number of morpholine rings is 1. The molecule has 3 rings (SSSR count). The summed E-state index contributed by atoms with van der Waals surface area (Å²) in [6.07, 6.45) is 0.307. The first kappa shape index (κ1) is 17.7. The van der Waals surface area contributed by atoms with Gasteiger partial charge in [0.05, 0.1) is 24.8 Å². The summed E-state index contributed by atoms with van der Waals surface area (Å²) in [6, 6.07) is 4.69. The van der Waals surface area contributed by atoms with E-state index in [0.29, 0.717) is 19.5 Å². The van der Waals surface area contributed by atoms with Crippen molar-refractivity contribution in [2.24, 2.45) is 0 Å². The Kier molecular flexibility index (Phi) is 5.55. The molecule has 2 aliphatic rings. The van der Waals surface area contributed by atoms with Crippen molar-refractivity contribution in [2.45, 2.75) is 19.4 Å². The van der Waals surface area contributed by atoms with E-state index in [9.17, 15) is 14.7 Å². The molecule has 1 atom stereocenters. The lowest BCUT2D eigenvalue weighted by molar-refractivity contribution is -0.128. The van der Waals surface area contributed by atoms with Crippen LogP contribution >= 0.6 is 0 Å². The summed E-state index contributed by atoms with van der Waals surface area (Å²) in [5, 5.41) is 12.7. The molecule has 25 heavy (non-hydrogen) atoms. The molecular formula is C18H25N3O4. The molecule has 0 spiro atoms. The average molecular weight is 347 g/mol. The molecule has 0 radical (unpaired) electrons. The fourth-order valence-corrected chi connectivity index (χ4v) is 3.27. The third-order valence-electron chi connectivity index (χ3n) is 4.74. The fourth-order valence-electron chi connectivity index (χ4n) is 3.27. The maximum atomic E-state index is 12.4. The summed E-state index contributed by atoms with van der Waals surface area (Å²) in [4.78, 5) is 28.6. The zero-order valence-corrected chi connectivity index (χ0v) is 14.5. The zero-order valence-electron chi connectivity index (χ0n) is 14.5. The van der Waals surface area contributed by atoms with Crippen molar-refractivity contribution in [3.63, 3.8) is 0 Å². The van der Waals surface area contributed by atoms with Crippen LogP contribution in [0.15, 0.2) is 18.2 Å². The molecular weight excluding hydrogens is 322 g/mol. The third kappa shape index (κ3) is 4.49. The van der Waals surface area contributed by atoms with Gasteiger partial charge in [0.15, 0.2) is 0 Å². The number of hydrogen-bond acceptors (Lipinski definition) is 5. The van der Waals surface area contributed by atoms with Crippen LogP contribution in [0.5, 0.6) is 5.75 Å². The molecule has 2 amide bonds. The van der Waals surface area contributed by atoms with Gasteiger partial charge in [-0.2, -0.15) is 0 Å². The molecule has 7 heteroatoms. The molecule has 136 valence electrons. The predicted molar refractivity (Wildman–Crippen MR) is 92.6 cm³/mol. The number of phenols is 1. The normalized spacial score (nSPS) is 21.6. The number of rotatable bonds is 5. The van der Waals surface area contributed by atoms with Crippen LogP contribution in [0.2, 0.25) is 0 Å². The fraction of sp³-hybridized carbons (Fsp3) is 0.556. The molecule has 1 aromatic rings. The highest BCUT2D eigenvalue weighted by Gasteiger charge is 2.31. The van der Waals surface area contributed by atoms with Gasteiger partial charge in [-0.3, -0.25) is 14.5 Å². The standard InChI is InChI=1S/C18H25N3O4/c1-13-2-3-16(22)15(10-13)18(24)19-14-11-17(23)21(12-14)5-4-20-6-8-25-9-7-20/h2-3,10,14,22H,4-9,11-12H2,1H3,(H,19,24)/t14-/m0/s1. The highest BCUT2D eigenvalue weighted by Crippen LogP contribution is 2.19. The number of carbonyl (C=O) groups is 2. The lowest BCUT2D eigenvalue weighted by atomic mass is 10.1. The van der Waals surface area contributed by atoms with E-state index in [1.54, 1.807) is 17.0 Å². The van der Waals surface area contributed by atoms with E-state index in [1.807, 2.05) is 6.92 Å². The Morgan fingerprint density at radius 1 is 1.32 bits per heavy atom. The van der Waals surface area contributed by atoms with Crippen molar-refractivity contribution in [2.75, 3.05) is 45.9 Å². The summed E-state index contributed by atoms with van der Waals surface area (Å²) < 4.78 is 5.32. The first-order valence-corrected chi connectivity index (χ1v) is 8.71. The topological polar surface area (TPSA) is 82.1 Å². The van der Waals surface area contributed by atoms with E-state index in [2.05, 4.69) is 10.2 Å². The van der Waals surface area contributed by atoms with Gasteiger partial charge in [-0.25, -0.2) is 0 Å². The molecule has 0 unspecified atom stereocenters. The van der Waals surface area contributed by atoms with E-state index in [0.717, 1.165) is 38.4 Å². The number of nitrogens with zero attached hydrogens (tertiary/aromatic N) is 2. The third-order valence-corrected chi connectivity index (χ3v) is 4.74. The lowest BCUT2D eigenvalue weighted by Crippen LogP contribution is -2.42. The minimum atomic E-state index is -0.339. The number of amides is 2. The van der Waals surface area contributed by atoms with E-state index >= 15 is 0 Å². The van der Waals surface area contributed by atoms with Crippen LogP contribution in [0.1, 0.15) is 22.3 Å². The Morgan fingerprint density at radius 3 is 2.84 bits per heavy atom. The van der Waals surface area contributed by atoms with E-state index < -0.39 is 0 Å². The molecule has 2 heterocycles. The minimum Gasteiger partial charge on any atom is -0.507 e. The van der Waals surface area contributed by atoms with Crippen molar-refractivity contribution in [1.29, 1.82) is 0 Å². The van der Waals surface area contributed by atoms with Gasteiger partial charge in [0, 0.05) is 39.1 Å². The van der Waals surface area contributed by atoms with Crippen molar-refractivity contribution in [1.82, 2.24) is 15.1 Å². The molecule has 2 N–H and O–H groups in total. The number of nitrogens with one attached hydrogen (secondary N) is 1. The molecule has 7 nitrogen and oxygen atoms in total. The number of carbonyl (C=O) groups excluding carboxylic acids is 2. The largest absolute Gasteiger partial charge is 0.507 e. The number of aryl methyl sites for hydroxylation is 1. The number of phenolic OH excluding ortho intramolecular Hbond substituents is 1. The Bertz CT molecular complexity index is 643. The molecule has 0 saturated carbocycles. The van der Waals surface area contributed by atoms with Gasteiger partial charge in [-0.15, -0.1) is 0 Å². The van der Waals surface area contributed by atoms with Crippen molar-refractivity contribution in [3.8, 4) is 5.75 Å². The Balaban J connectivity index is 1.51. The Labute approximate surface area is 147 Å². The van der Waals surface area contributed by atoms with Crippen LogP contribution < -0.4 is 5.32 Å². The van der Waals surface area contributed by atoms with Gasteiger partial charge >= 0.3 is 0 Å². The van der Waals surface area contributed by atoms with E-state index in [1.165, 1.54) is 6.07 Å². The highest BCUT2D eigenvalue weighted by molar-refractivity contribution is 5.97. The average Bonchev–Trinajstić information content (AvgIpc) is 2.95. The second-order valence-electron chi connectivity index (χ2n) is 6.69. The van der Waals surface area contributed by atoms with Gasteiger partial charge in [0.1, 0.15) is 5.75 Å². The summed E-state index contributed by atoms with van der Waals surface area (Å²) in [5.74, 6) is -0.322. The zero-order chi connectivity index (χ0) is 17.8. The summed E-state index contributed by atoms with van der Waals surface area (Å²) in [7, 11) is 0. The van der Waals surface area contributed by atoms with Crippen LogP contribution in [0, 0.1) is 6.92 Å². The first-order valence-electron chi connectivity index (χ1n) is 8.71. The smallest absolute Gasteiger partial charge is 0.255 e. The Hall–Kier alpha value is -2.12. The summed E-state index contributed by atoms with van der Waals surface area (Å²) in [6.45, 7) is 7.16. The quantitative estimate of drug-likeness (QED) is 0.804. The molecule has 1 aromatic carbocycles. The van der Waals surface area contributed by atoms with E-state index in [-0.39, 0.29) is 29.2 Å². The van der Waals surface area contributed by atoms with Crippen molar-refractivity contribution >= 4 is 11.8 Å². The van der Waals surface area contributed by atoms with Crippen LogP contribution in [-0.2, 0) is 9.53 Å². The summed E-state index contributed by atoms with van der Waals surface area (Å²) >= 11 is 0. The molecule has 2 aliphatic heterocycles. The first-order chi connectivity index (χ1) is 12.0. The number of likely N-dealkylation sites (tertiary alicyclic amines) is 1. The Morgan fingerprint density at radius 2 is 2.08 bits per heavy atom. The minimum absolute atomic E-state index is 0.0448. The van der Waals surface area contributed by atoms with Crippen LogP contribution in [0.3, 0.4) is 0 Å². The van der Waals surface area contributed by atoms with Crippen LogP contribution in [0.4, 0.5) is 0 Å². The number of aromatic hydroxyl groups is 1. The van der Waals surface area contributed by atoms with Crippen molar-refractivity contribution < 1.29 is 19.4 Å². The highest BCUT2D eigenvalue weighted by atomic mass is 16.5. The molecule has 2 fully saturated rings. The second-order valence-corrected chi connectivity index (χ2v) is 6.69. The van der Waals surface area contributed by atoms with Gasteiger partial charge < -0.3 is 20.1 Å². The van der Waals surface area contributed by atoms with Crippen LogP contribution in [0.25, 0.3) is 0 Å². The molecule has 2 saturated heterocycles. The van der Waals surface area contributed by atoms with Crippen LogP contribution in [-0.4, -0.2) is 78.7 Å². The lowest BCUT2D eigenvalue weighted by Gasteiger charge is -2.28. The van der Waals surface area contributed by atoms with Gasteiger partial charge in [-0.05, 0) is 19.1 Å². The van der Waals surface area contributed by atoms with Gasteiger partial charge in [0.25, 0.3) is 5.91 Å². The summed E-state index contributed by atoms with van der Waals surface area (Å²) in [5.41, 5.74) is 1.15. The monoisotopic (exact) mass is 347 g/mol. The molecule has 0 bridgehead atoms. The predicted octanol–water partition coefficient (Wildman–Crippen LogP) is 0.364. The van der Waals surface area contributed by atoms with E-state index in [4.69, 9.17) is 4.74 Å². The molecule has 0 aliphatic carbocycles. The van der Waals surface area contributed by atoms with Gasteiger partial charge in [0.2, 0.25) is 5.91 Å². The number of benzene rings is 1. The second kappa shape index (κ2) is 7.84. The maximum Gasteiger partial charge on any atom is 0.255 e.